The Morgan fingerprint density at radius 3 is 2.57 bits per heavy atom. The van der Waals surface area contributed by atoms with E-state index in [9.17, 15) is 13.6 Å². The molecule has 2 N–H and O–H groups in total. The van der Waals surface area contributed by atoms with Gasteiger partial charge in [-0.3, -0.25) is 4.79 Å². The number of hydrogen-bond donors (Lipinski definition) is 2. The Morgan fingerprint density at radius 2 is 1.91 bits per heavy atom. The number of carbonyl (C=O) groups is 1. The SMILES string of the molecule is CCCC(=O)Nc1ccc(CNc2ccc(Cl)c(F)c2)cc1F. The molecule has 0 radical (unpaired) electrons. The van der Waals surface area contributed by atoms with Crippen LogP contribution in [0.15, 0.2) is 36.4 Å². The lowest BCUT2D eigenvalue weighted by Gasteiger charge is -2.10. The van der Waals surface area contributed by atoms with Gasteiger partial charge < -0.3 is 10.6 Å². The van der Waals surface area contributed by atoms with E-state index in [0.29, 0.717) is 30.6 Å². The lowest BCUT2D eigenvalue weighted by molar-refractivity contribution is -0.116. The van der Waals surface area contributed by atoms with E-state index < -0.39 is 11.6 Å². The maximum atomic E-state index is 14.0. The number of nitrogens with one attached hydrogen (secondary N) is 2. The molecule has 2 aromatic carbocycles. The largest absolute Gasteiger partial charge is 0.381 e. The molecule has 0 saturated heterocycles. The predicted octanol–water partition coefficient (Wildman–Crippen LogP) is 4.97. The van der Waals surface area contributed by atoms with Crippen molar-refractivity contribution in [2.24, 2.45) is 0 Å². The highest BCUT2D eigenvalue weighted by atomic mass is 35.5. The van der Waals surface area contributed by atoms with E-state index in [1.165, 1.54) is 24.3 Å². The van der Waals surface area contributed by atoms with Gasteiger partial charge in [0.2, 0.25) is 5.91 Å². The molecule has 2 aromatic rings. The van der Waals surface area contributed by atoms with Crippen LogP contribution in [0.1, 0.15) is 25.3 Å². The molecule has 1 amide bonds. The number of benzene rings is 2. The van der Waals surface area contributed by atoms with Crippen LogP contribution in [0.2, 0.25) is 5.02 Å². The molecule has 122 valence electrons. The van der Waals surface area contributed by atoms with Crippen LogP contribution in [-0.4, -0.2) is 5.91 Å². The molecule has 0 atom stereocenters. The van der Waals surface area contributed by atoms with Gasteiger partial charge in [-0.1, -0.05) is 24.6 Å². The normalized spacial score (nSPS) is 10.4. The minimum absolute atomic E-state index is 0.0498. The molecule has 0 heterocycles. The second-order valence-electron chi connectivity index (χ2n) is 5.09. The third-order valence-corrected chi connectivity index (χ3v) is 3.51. The summed E-state index contributed by atoms with van der Waals surface area (Å²) in [6, 6.07) is 8.92. The van der Waals surface area contributed by atoms with Crippen molar-refractivity contribution >= 4 is 28.9 Å². The van der Waals surface area contributed by atoms with Crippen molar-refractivity contribution in [2.45, 2.75) is 26.3 Å². The summed E-state index contributed by atoms with van der Waals surface area (Å²) in [4.78, 5) is 11.5. The summed E-state index contributed by atoms with van der Waals surface area (Å²) in [5.41, 5.74) is 1.38. The fraction of sp³-hybridized carbons (Fsp3) is 0.235. The molecule has 0 saturated carbocycles. The molecule has 23 heavy (non-hydrogen) atoms. The van der Waals surface area contributed by atoms with E-state index in [4.69, 9.17) is 11.6 Å². The van der Waals surface area contributed by atoms with Gasteiger partial charge in [0, 0.05) is 18.7 Å². The lowest BCUT2D eigenvalue weighted by Crippen LogP contribution is -2.12. The van der Waals surface area contributed by atoms with Gasteiger partial charge in [-0.15, -0.1) is 0 Å². The van der Waals surface area contributed by atoms with E-state index in [1.807, 2.05) is 6.92 Å². The highest BCUT2D eigenvalue weighted by Crippen LogP contribution is 2.20. The molecular formula is C17H17ClF2N2O. The van der Waals surface area contributed by atoms with E-state index in [2.05, 4.69) is 10.6 Å². The van der Waals surface area contributed by atoms with E-state index in [-0.39, 0.29) is 16.6 Å². The van der Waals surface area contributed by atoms with Gasteiger partial charge in [0.1, 0.15) is 11.6 Å². The Bertz CT molecular complexity index is 707. The molecule has 0 aliphatic carbocycles. The average molecular weight is 339 g/mol. The molecule has 3 nitrogen and oxygen atoms in total. The summed E-state index contributed by atoms with van der Waals surface area (Å²) in [6.45, 7) is 2.20. The van der Waals surface area contributed by atoms with Gasteiger partial charge in [-0.25, -0.2) is 8.78 Å². The van der Waals surface area contributed by atoms with Crippen LogP contribution < -0.4 is 10.6 Å². The molecule has 0 bridgehead atoms. The molecule has 0 spiro atoms. The highest BCUT2D eigenvalue weighted by Gasteiger charge is 2.07. The van der Waals surface area contributed by atoms with Crippen molar-refractivity contribution in [3.8, 4) is 0 Å². The molecule has 0 fully saturated rings. The quantitative estimate of drug-likeness (QED) is 0.780. The monoisotopic (exact) mass is 338 g/mol. The highest BCUT2D eigenvalue weighted by molar-refractivity contribution is 6.30. The van der Waals surface area contributed by atoms with Crippen molar-refractivity contribution in [2.75, 3.05) is 10.6 Å². The van der Waals surface area contributed by atoms with Gasteiger partial charge >= 0.3 is 0 Å². The second-order valence-corrected chi connectivity index (χ2v) is 5.50. The number of amides is 1. The first-order valence-electron chi connectivity index (χ1n) is 7.26. The van der Waals surface area contributed by atoms with Crippen molar-refractivity contribution in [1.82, 2.24) is 0 Å². The molecule has 2 rings (SSSR count). The van der Waals surface area contributed by atoms with Crippen molar-refractivity contribution in [3.05, 3.63) is 58.6 Å². The van der Waals surface area contributed by atoms with Crippen molar-refractivity contribution in [1.29, 1.82) is 0 Å². The number of carbonyl (C=O) groups excluding carboxylic acids is 1. The fourth-order valence-electron chi connectivity index (χ4n) is 2.02. The fourth-order valence-corrected chi connectivity index (χ4v) is 2.14. The van der Waals surface area contributed by atoms with Crippen LogP contribution in [0.25, 0.3) is 0 Å². The van der Waals surface area contributed by atoms with Gasteiger partial charge in [0.05, 0.1) is 10.7 Å². The molecular weight excluding hydrogens is 322 g/mol. The molecule has 0 aromatic heterocycles. The first-order chi connectivity index (χ1) is 11.0. The molecule has 0 unspecified atom stereocenters. The van der Waals surface area contributed by atoms with Gasteiger partial charge in [-0.05, 0) is 42.3 Å². The maximum absolute atomic E-state index is 14.0. The minimum atomic E-state index is -0.517. The summed E-state index contributed by atoms with van der Waals surface area (Å²) in [5, 5.41) is 5.56. The number of rotatable bonds is 6. The second kappa shape index (κ2) is 7.92. The summed E-state index contributed by atoms with van der Waals surface area (Å²) >= 11 is 5.61. The molecule has 0 aliphatic rings. The van der Waals surface area contributed by atoms with E-state index in [1.54, 1.807) is 12.1 Å². The van der Waals surface area contributed by atoms with Gasteiger partial charge in [0.25, 0.3) is 0 Å². The lowest BCUT2D eigenvalue weighted by atomic mass is 10.2. The Morgan fingerprint density at radius 1 is 1.13 bits per heavy atom. The van der Waals surface area contributed by atoms with Gasteiger partial charge in [0.15, 0.2) is 0 Å². The zero-order valence-electron chi connectivity index (χ0n) is 12.6. The van der Waals surface area contributed by atoms with Crippen LogP contribution in [0.5, 0.6) is 0 Å². The third kappa shape index (κ3) is 4.93. The predicted molar refractivity (Wildman–Crippen MR) is 88.7 cm³/mol. The standard InChI is InChI=1S/C17H17ClF2N2O/c1-2-3-17(23)22-16-7-4-11(8-15(16)20)10-21-12-5-6-13(18)14(19)9-12/h4-9,21H,2-3,10H2,1H3,(H,22,23). The maximum Gasteiger partial charge on any atom is 0.224 e. The summed E-state index contributed by atoms with van der Waals surface area (Å²) in [5.74, 6) is -1.23. The average Bonchev–Trinajstić information content (AvgIpc) is 2.51. The van der Waals surface area contributed by atoms with Crippen LogP contribution in [-0.2, 0) is 11.3 Å². The summed E-state index contributed by atoms with van der Waals surface area (Å²) in [6.07, 6.45) is 1.05. The topological polar surface area (TPSA) is 41.1 Å². The third-order valence-electron chi connectivity index (χ3n) is 3.20. The van der Waals surface area contributed by atoms with Crippen LogP contribution in [0, 0.1) is 11.6 Å². The van der Waals surface area contributed by atoms with Crippen molar-refractivity contribution in [3.63, 3.8) is 0 Å². The van der Waals surface area contributed by atoms with E-state index >= 15 is 0 Å². The first kappa shape index (κ1) is 17.2. The van der Waals surface area contributed by atoms with Crippen molar-refractivity contribution < 1.29 is 13.6 Å². The Labute approximate surface area is 138 Å². The number of hydrogen-bond acceptors (Lipinski definition) is 2. The van der Waals surface area contributed by atoms with Crippen LogP contribution in [0.3, 0.4) is 0 Å². The smallest absolute Gasteiger partial charge is 0.224 e. The minimum Gasteiger partial charge on any atom is -0.381 e. The Kier molecular flexibility index (Phi) is 5.93. The molecule has 6 heteroatoms. The zero-order valence-corrected chi connectivity index (χ0v) is 13.4. The Balaban J connectivity index is 1.99. The summed E-state index contributed by atoms with van der Waals surface area (Å²) in [7, 11) is 0. The first-order valence-corrected chi connectivity index (χ1v) is 7.64. The number of anilines is 2. The summed E-state index contributed by atoms with van der Waals surface area (Å²) < 4.78 is 27.3. The zero-order chi connectivity index (χ0) is 16.8. The molecule has 0 aliphatic heterocycles. The van der Waals surface area contributed by atoms with Gasteiger partial charge in [-0.2, -0.15) is 0 Å². The van der Waals surface area contributed by atoms with Crippen LogP contribution in [0.4, 0.5) is 20.2 Å². The van der Waals surface area contributed by atoms with E-state index in [0.717, 1.165) is 0 Å². The Hall–Kier alpha value is -2.14. The van der Waals surface area contributed by atoms with Crippen LogP contribution >= 0.6 is 11.6 Å². The number of halogens is 3.